The number of H-pyrrole nitrogens is 1. The van der Waals surface area contributed by atoms with Crippen LogP contribution in [-0.4, -0.2) is 19.5 Å². The Kier molecular flexibility index (Phi) is 3.31. The van der Waals surface area contributed by atoms with Crippen molar-refractivity contribution in [3.8, 4) is 11.4 Å². The molecule has 1 unspecified atom stereocenters. The third-order valence-electron chi connectivity index (χ3n) is 3.73. The van der Waals surface area contributed by atoms with Crippen molar-refractivity contribution in [3.05, 3.63) is 73.1 Å². The number of hydrogen-bond acceptors (Lipinski definition) is 3. The lowest BCUT2D eigenvalue weighted by atomic mass is 10.3. The summed E-state index contributed by atoms with van der Waals surface area (Å²) in [5.41, 5.74) is 2.95. The van der Waals surface area contributed by atoms with E-state index in [4.69, 9.17) is 4.74 Å². The van der Waals surface area contributed by atoms with Gasteiger partial charge in [0.05, 0.1) is 17.4 Å². The molecule has 0 fully saturated rings. The average Bonchev–Trinajstić information content (AvgIpc) is 3.24. The molecule has 5 heteroatoms. The van der Waals surface area contributed by atoms with Gasteiger partial charge in [-0.05, 0) is 37.3 Å². The number of benzene rings is 2. The molecular weight excluding hydrogens is 288 g/mol. The van der Waals surface area contributed by atoms with E-state index in [0.29, 0.717) is 0 Å². The minimum Gasteiger partial charge on any atom is -0.483 e. The smallest absolute Gasteiger partial charge is 0.153 e. The number of hydrogen-bond donors (Lipinski definition) is 1. The predicted molar refractivity (Wildman–Crippen MR) is 88.7 cm³/mol. The van der Waals surface area contributed by atoms with Crippen molar-refractivity contribution in [2.75, 3.05) is 0 Å². The van der Waals surface area contributed by atoms with Gasteiger partial charge in [-0.25, -0.2) is 9.97 Å². The summed E-state index contributed by atoms with van der Waals surface area (Å²) in [6, 6.07) is 15.8. The molecule has 4 aromatic rings. The van der Waals surface area contributed by atoms with Crippen LogP contribution in [0.2, 0.25) is 0 Å². The second kappa shape index (κ2) is 5.61. The second-order valence-electron chi connectivity index (χ2n) is 5.37. The molecule has 23 heavy (non-hydrogen) atoms. The maximum Gasteiger partial charge on any atom is 0.153 e. The summed E-state index contributed by atoms with van der Waals surface area (Å²) in [6.07, 6.45) is 5.30. The van der Waals surface area contributed by atoms with E-state index >= 15 is 0 Å². The second-order valence-corrected chi connectivity index (χ2v) is 5.37. The van der Waals surface area contributed by atoms with Crippen LogP contribution < -0.4 is 4.74 Å². The first-order valence-corrected chi connectivity index (χ1v) is 7.49. The summed E-state index contributed by atoms with van der Waals surface area (Å²) in [5.74, 6) is 1.64. The monoisotopic (exact) mass is 304 g/mol. The zero-order valence-electron chi connectivity index (χ0n) is 12.7. The Balaban J connectivity index is 1.63. The molecule has 0 saturated carbocycles. The van der Waals surface area contributed by atoms with E-state index in [2.05, 4.69) is 21.0 Å². The van der Waals surface area contributed by atoms with Gasteiger partial charge in [0.1, 0.15) is 11.6 Å². The number of aromatic amines is 1. The molecule has 0 bridgehead atoms. The Morgan fingerprint density at radius 2 is 2.00 bits per heavy atom. The number of ether oxygens (including phenoxy) is 1. The zero-order chi connectivity index (χ0) is 15.6. The van der Waals surface area contributed by atoms with E-state index in [9.17, 15) is 0 Å². The minimum absolute atomic E-state index is 0.151. The first-order chi connectivity index (χ1) is 11.3. The van der Waals surface area contributed by atoms with Crippen LogP contribution in [0, 0.1) is 0 Å². The number of nitrogens with zero attached hydrogens (tertiary/aromatic N) is 3. The third kappa shape index (κ3) is 2.68. The van der Waals surface area contributed by atoms with Gasteiger partial charge < -0.3 is 14.3 Å². The molecule has 0 saturated heterocycles. The lowest BCUT2D eigenvalue weighted by molar-refractivity contribution is 0.218. The van der Waals surface area contributed by atoms with E-state index in [1.54, 1.807) is 12.5 Å². The van der Waals surface area contributed by atoms with Crippen molar-refractivity contribution in [3.63, 3.8) is 0 Å². The number of para-hydroxylation sites is 1. The van der Waals surface area contributed by atoms with E-state index in [0.717, 1.165) is 28.3 Å². The van der Waals surface area contributed by atoms with E-state index in [1.165, 1.54) is 0 Å². The van der Waals surface area contributed by atoms with Gasteiger partial charge in [0.2, 0.25) is 0 Å². The minimum atomic E-state index is -0.151. The molecule has 0 radical (unpaired) electrons. The number of nitrogens with one attached hydrogen (secondary N) is 1. The molecule has 114 valence electrons. The van der Waals surface area contributed by atoms with E-state index < -0.39 is 0 Å². The fourth-order valence-corrected chi connectivity index (χ4v) is 2.54. The molecule has 2 aromatic carbocycles. The summed E-state index contributed by atoms with van der Waals surface area (Å²) >= 11 is 0. The first-order valence-electron chi connectivity index (χ1n) is 7.49. The predicted octanol–water partition coefficient (Wildman–Crippen LogP) is 3.89. The number of fused-ring (bicyclic) bond motifs is 1. The normalized spacial score (nSPS) is 12.4. The van der Waals surface area contributed by atoms with Crippen molar-refractivity contribution >= 4 is 11.0 Å². The SMILES string of the molecule is CC(Oc1ccccc1)c1nc2ccc(-n3ccnc3)cc2[nH]1. The Labute approximate surface area is 133 Å². The Hall–Kier alpha value is -3.08. The summed E-state index contributed by atoms with van der Waals surface area (Å²) < 4.78 is 7.89. The molecule has 0 spiro atoms. The van der Waals surface area contributed by atoms with Gasteiger partial charge in [0, 0.05) is 18.1 Å². The maximum absolute atomic E-state index is 5.92. The number of imidazole rings is 2. The number of rotatable bonds is 4. The number of aromatic nitrogens is 4. The summed E-state index contributed by atoms with van der Waals surface area (Å²) in [4.78, 5) is 12.0. The summed E-state index contributed by atoms with van der Waals surface area (Å²) in [6.45, 7) is 1.99. The molecule has 0 aliphatic rings. The largest absolute Gasteiger partial charge is 0.483 e. The highest BCUT2D eigenvalue weighted by Gasteiger charge is 2.13. The van der Waals surface area contributed by atoms with Crippen molar-refractivity contribution in [1.82, 2.24) is 19.5 Å². The van der Waals surface area contributed by atoms with Crippen molar-refractivity contribution in [2.45, 2.75) is 13.0 Å². The van der Waals surface area contributed by atoms with Gasteiger partial charge in [-0.2, -0.15) is 0 Å². The fraction of sp³-hybridized carbons (Fsp3) is 0.111. The van der Waals surface area contributed by atoms with Gasteiger partial charge in [-0.1, -0.05) is 18.2 Å². The molecular formula is C18H16N4O. The lowest BCUT2D eigenvalue weighted by Crippen LogP contribution is -2.04. The highest BCUT2D eigenvalue weighted by molar-refractivity contribution is 5.77. The van der Waals surface area contributed by atoms with Gasteiger partial charge in [-0.15, -0.1) is 0 Å². The third-order valence-corrected chi connectivity index (χ3v) is 3.73. The molecule has 0 amide bonds. The summed E-state index contributed by atoms with van der Waals surface area (Å²) in [7, 11) is 0. The zero-order valence-corrected chi connectivity index (χ0v) is 12.7. The van der Waals surface area contributed by atoms with Crippen LogP contribution in [0.3, 0.4) is 0 Å². The van der Waals surface area contributed by atoms with Gasteiger partial charge >= 0.3 is 0 Å². The van der Waals surface area contributed by atoms with Crippen molar-refractivity contribution < 1.29 is 4.74 Å². The van der Waals surface area contributed by atoms with Crippen molar-refractivity contribution in [2.24, 2.45) is 0 Å². The van der Waals surface area contributed by atoms with Crippen LogP contribution in [0.4, 0.5) is 0 Å². The molecule has 0 aliphatic heterocycles. The maximum atomic E-state index is 5.92. The molecule has 2 heterocycles. The van der Waals surface area contributed by atoms with Crippen LogP contribution in [0.15, 0.2) is 67.3 Å². The Morgan fingerprint density at radius 3 is 2.78 bits per heavy atom. The molecule has 1 N–H and O–H groups in total. The fourth-order valence-electron chi connectivity index (χ4n) is 2.54. The lowest BCUT2D eigenvalue weighted by Gasteiger charge is -2.11. The van der Waals surface area contributed by atoms with Crippen LogP contribution >= 0.6 is 0 Å². The summed E-state index contributed by atoms with van der Waals surface area (Å²) in [5, 5.41) is 0. The Morgan fingerprint density at radius 1 is 1.13 bits per heavy atom. The van der Waals surface area contributed by atoms with Crippen LogP contribution in [0.5, 0.6) is 5.75 Å². The molecule has 0 aliphatic carbocycles. The topological polar surface area (TPSA) is 55.7 Å². The van der Waals surface area contributed by atoms with Crippen LogP contribution in [0.25, 0.3) is 16.7 Å². The van der Waals surface area contributed by atoms with Crippen LogP contribution in [0.1, 0.15) is 18.9 Å². The van der Waals surface area contributed by atoms with E-state index in [1.807, 2.05) is 60.2 Å². The molecule has 2 aromatic heterocycles. The quantitative estimate of drug-likeness (QED) is 0.622. The van der Waals surface area contributed by atoms with Gasteiger partial charge in [-0.3, -0.25) is 0 Å². The standard InChI is InChI=1S/C18H16N4O/c1-13(23-15-5-3-2-4-6-15)18-20-16-8-7-14(11-17(16)21-18)22-10-9-19-12-22/h2-13H,1H3,(H,20,21). The molecule has 5 nitrogen and oxygen atoms in total. The van der Waals surface area contributed by atoms with Gasteiger partial charge in [0.15, 0.2) is 6.10 Å². The van der Waals surface area contributed by atoms with Crippen molar-refractivity contribution in [1.29, 1.82) is 0 Å². The molecule has 1 atom stereocenters. The Bertz CT molecular complexity index is 913. The molecule has 4 rings (SSSR count). The van der Waals surface area contributed by atoms with E-state index in [-0.39, 0.29) is 6.10 Å². The van der Waals surface area contributed by atoms with Crippen LogP contribution in [-0.2, 0) is 0 Å². The first kappa shape index (κ1) is 13.6. The average molecular weight is 304 g/mol. The highest BCUT2D eigenvalue weighted by Crippen LogP contribution is 2.23. The highest BCUT2D eigenvalue weighted by atomic mass is 16.5. The van der Waals surface area contributed by atoms with Gasteiger partial charge in [0.25, 0.3) is 0 Å².